The van der Waals surface area contributed by atoms with Crippen LogP contribution in [0.3, 0.4) is 0 Å². The summed E-state index contributed by atoms with van der Waals surface area (Å²) in [6.45, 7) is 3.94. The van der Waals surface area contributed by atoms with Gasteiger partial charge in [0.25, 0.3) is 0 Å². The first-order chi connectivity index (χ1) is 5.22. The number of rotatable bonds is 5. The molecule has 0 aliphatic carbocycles. The van der Waals surface area contributed by atoms with Crippen molar-refractivity contribution in [1.82, 2.24) is 0 Å². The Hall–Kier alpha value is -0.790. The zero-order valence-electron chi connectivity index (χ0n) is 7.21. The molecule has 0 fully saturated rings. The maximum atomic E-state index is 10.5. The average molecular weight is 156 g/mol. The summed E-state index contributed by atoms with van der Waals surface area (Å²) in [7, 11) is 0. The topological polar surface area (TPSA) is 37.3 Å². The number of hydrogen-bond acceptors (Lipinski definition) is 1. The molecule has 0 radical (unpaired) electrons. The fraction of sp³-hybridized carbons (Fsp3) is 0.667. The lowest BCUT2D eigenvalue weighted by atomic mass is 10.0. The van der Waals surface area contributed by atoms with Gasteiger partial charge in [0.1, 0.15) is 0 Å². The molecule has 0 aliphatic rings. The van der Waals surface area contributed by atoms with Gasteiger partial charge >= 0.3 is 5.97 Å². The van der Waals surface area contributed by atoms with Gasteiger partial charge in [0.05, 0.1) is 5.92 Å². The van der Waals surface area contributed by atoms with Crippen molar-refractivity contribution in [1.29, 1.82) is 0 Å². The van der Waals surface area contributed by atoms with E-state index >= 15 is 0 Å². The highest BCUT2D eigenvalue weighted by Crippen LogP contribution is 2.08. The molecule has 1 atom stereocenters. The lowest BCUT2D eigenvalue weighted by Gasteiger charge is -2.04. The van der Waals surface area contributed by atoms with Crippen molar-refractivity contribution >= 4 is 5.97 Å². The first-order valence-electron chi connectivity index (χ1n) is 4.10. The molecule has 0 heterocycles. The Morgan fingerprint density at radius 2 is 2.09 bits per heavy atom. The van der Waals surface area contributed by atoms with Gasteiger partial charge in [-0.15, -0.1) is 0 Å². The zero-order valence-corrected chi connectivity index (χ0v) is 7.21. The van der Waals surface area contributed by atoms with E-state index in [-0.39, 0.29) is 5.92 Å². The lowest BCUT2D eigenvalue weighted by Crippen LogP contribution is -2.11. The van der Waals surface area contributed by atoms with Crippen molar-refractivity contribution in [3.63, 3.8) is 0 Å². The van der Waals surface area contributed by atoms with E-state index in [4.69, 9.17) is 5.11 Å². The summed E-state index contributed by atoms with van der Waals surface area (Å²) in [6, 6.07) is 0. The molecule has 0 rings (SSSR count). The molecule has 0 aromatic rings. The standard InChI is InChI=1S/C9H16O2/c1-3-5-6-7-8(4-2)9(10)11/h5-6,8H,3-4,7H2,1-2H3,(H,10,11)/t8-/m0/s1. The van der Waals surface area contributed by atoms with E-state index in [1.807, 2.05) is 26.0 Å². The summed E-state index contributed by atoms with van der Waals surface area (Å²) in [6.07, 6.45) is 6.31. The number of carboxylic acid groups (broad SMARTS) is 1. The van der Waals surface area contributed by atoms with Gasteiger partial charge in [-0.25, -0.2) is 0 Å². The predicted molar refractivity (Wildman–Crippen MR) is 45.5 cm³/mol. The molecule has 0 saturated carbocycles. The van der Waals surface area contributed by atoms with Gasteiger partial charge in [-0.1, -0.05) is 26.0 Å². The summed E-state index contributed by atoms with van der Waals surface area (Å²) in [5, 5.41) is 8.64. The SMILES string of the molecule is CCC=CC[C@H](CC)C(=O)O. The van der Waals surface area contributed by atoms with Gasteiger partial charge in [-0.05, 0) is 19.3 Å². The lowest BCUT2D eigenvalue weighted by molar-refractivity contribution is -0.141. The van der Waals surface area contributed by atoms with E-state index < -0.39 is 5.97 Å². The van der Waals surface area contributed by atoms with Crippen LogP contribution < -0.4 is 0 Å². The Kier molecular flexibility index (Phi) is 5.53. The first-order valence-corrected chi connectivity index (χ1v) is 4.10. The highest BCUT2D eigenvalue weighted by Gasteiger charge is 2.11. The minimum absolute atomic E-state index is 0.196. The van der Waals surface area contributed by atoms with Crippen LogP contribution in [0.4, 0.5) is 0 Å². The Morgan fingerprint density at radius 3 is 2.45 bits per heavy atom. The largest absolute Gasteiger partial charge is 0.481 e. The van der Waals surface area contributed by atoms with Crippen molar-refractivity contribution in [2.75, 3.05) is 0 Å². The molecule has 0 aliphatic heterocycles. The number of carbonyl (C=O) groups is 1. The second-order valence-electron chi connectivity index (χ2n) is 2.56. The molecular formula is C9H16O2. The van der Waals surface area contributed by atoms with Gasteiger partial charge in [0.2, 0.25) is 0 Å². The number of aliphatic carboxylic acids is 1. The van der Waals surface area contributed by atoms with Crippen molar-refractivity contribution in [2.24, 2.45) is 5.92 Å². The molecule has 0 saturated heterocycles. The summed E-state index contributed by atoms with van der Waals surface area (Å²) in [5.74, 6) is -0.883. The molecule has 0 unspecified atom stereocenters. The number of hydrogen-bond donors (Lipinski definition) is 1. The average Bonchev–Trinajstić information content (AvgIpc) is 1.97. The molecule has 2 heteroatoms. The Labute approximate surface area is 67.9 Å². The van der Waals surface area contributed by atoms with Crippen molar-refractivity contribution in [3.8, 4) is 0 Å². The Bertz CT molecular complexity index is 138. The third-order valence-corrected chi connectivity index (χ3v) is 1.67. The van der Waals surface area contributed by atoms with Crippen LogP contribution in [0.25, 0.3) is 0 Å². The summed E-state index contributed by atoms with van der Waals surface area (Å²) >= 11 is 0. The van der Waals surface area contributed by atoms with E-state index in [1.165, 1.54) is 0 Å². The highest BCUT2D eigenvalue weighted by atomic mass is 16.4. The monoisotopic (exact) mass is 156 g/mol. The molecular weight excluding hydrogens is 140 g/mol. The van der Waals surface area contributed by atoms with Crippen LogP contribution in [0.1, 0.15) is 33.1 Å². The van der Waals surface area contributed by atoms with Crippen molar-refractivity contribution in [3.05, 3.63) is 12.2 Å². The van der Waals surface area contributed by atoms with Gasteiger partial charge in [0.15, 0.2) is 0 Å². The van der Waals surface area contributed by atoms with Gasteiger partial charge < -0.3 is 5.11 Å². The van der Waals surface area contributed by atoms with Crippen LogP contribution in [-0.2, 0) is 4.79 Å². The van der Waals surface area contributed by atoms with Crippen LogP contribution in [0.2, 0.25) is 0 Å². The second kappa shape index (κ2) is 5.96. The predicted octanol–water partition coefficient (Wildman–Crippen LogP) is 2.45. The minimum Gasteiger partial charge on any atom is -0.481 e. The molecule has 0 amide bonds. The quantitative estimate of drug-likeness (QED) is 0.621. The smallest absolute Gasteiger partial charge is 0.306 e. The summed E-state index contributed by atoms with van der Waals surface area (Å²) in [4.78, 5) is 10.5. The summed E-state index contributed by atoms with van der Waals surface area (Å²) in [5.41, 5.74) is 0. The molecule has 0 bridgehead atoms. The van der Waals surface area contributed by atoms with Crippen LogP contribution in [0.5, 0.6) is 0 Å². The maximum absolute atomic E-state index is 10.5. The normalized spacial score (nSPS) is 13.6. The van der Waals surface area contributed by atoms with E-state index in [0.717, 1.165) is 6.42 Å². The molecule has 11 heavy (non-hydrogen) atoms. The van der Waals surface area contributed by atoms with Crippen LogP contribution >= 0.6 is 0 Å². The molecule has 0 aromatic heterocycles. The molecule has 2 nitrogen and oxygen atoms in total. The number of allylic oxidation sites excluding steroid dienone is 2. The third kappa shape index (κ3) is 4.59. The Balaban J connectivity index is 3.69. The molecule has 0 aromatic carbocycles. The highest BCUT2D eigenvalue weighted by molar-refractivity contribution is 5.70. The second-order valence-corrected chi connectivity index (χ2v) is 2.56. The maximum Gasteiger partial charge on any atom is 0.306 e. The molecule has 64 valence electrons. The van der Waals surface area contributed by atoms with Crippen LogP contribution in [-0.4, -0.2) is 11.1 Å². The first kappa shape index (κ1) is 10.2. The van der Waals surface area contributed by atoms with Crippen LogP contribution in [0.15, 0.2) is 12.2 Å². The summed E-state index contributed by atoms with van der Waals surface area (Å²) < 4.78 is 0. The van der Waals surface area contributed by atoms with Gasteiger partial charge in [-0.2, -0.15) is 0 Å². The van der Waals surface area contributed by atoms with Crippen LogP contribution in [0, 0.1) is 5.92 Å². The van der Waals surface area contributed by atoms with E-state index in [1.54, 1.807) is 0 Å². The fourth-order valence-electron chi connectivity index (χ4n) is 0.869. The van der Waals surface area contributed by atoms with Gasteiger partial charge in [0, 0.05) is 0 Å². The Morgan fingerprint density at radius 1 is 1.45 bits per heavy atom. The minimum atomic E-state index is -0.687. The van der Waals surface area contributed by atoms with Crippen molar-refractivity contribution in [2.45, 2.75) is 33.1 Å². The molecule has 1 N–H and O–H groups in total. The fourth-order valence-corrected chi connectivity index (χ4v) is 0.869. The van der Waals surface area contributed by atoms with E-state index in [2.05, 4.69) is 0 Å². The zero-order chi connectivity index (χ0) is 8.69. The van der Waals surface area contributed by atoms with Gasteiger partial charge in [-0.3, -0.25) is 4.79 Å². The third-order valence-electron chi connectivity index (χ3n) is 1.67. The van der Waals surface area contributed by atoms with Crippen molar-refractivity contribution < 1.29 is 9.90 Å². The van der Waals surface area contributed by atoms with E-state index in [9.17, 15) is 4.79 Å². The van der Waals surface area contributed by atoms with E-state index in [0.29, 0.717) is 12.8 Å². The molecule has 0 spiro atoms. The number of carboxylic acids is 1.